The Balaban J connectivity index is 2.34. The summed E-state index contributed by atoms with van der Waals surface area (Å²) >= 11 is 0. The van der Waals surface area contributed by atoms with Gasteiger partial charge in [-0.1, -0.05) is 13.8 Å². The molecule has 0 saturated carbocycles. The monoisotopic (exact) mass is 371 g/mol. The Bertz CT molecular complexity index is 887. The molecule has 27 heavy (non-hydrogen) atoms. The van der Waals surface area contributed by atoms with Crippen molar-refractivity contribution in [3.8, 4) is 17.2 Å². The van der Waals surface area contributed by atoms with Crippen LogP contribution >= 0.6 is 0 Å². The van der Waals surface area contributed by atoms with Crippen molar-refractivity contribution < 1.29 is 24.5 Å². The lowest BCUT2D eigenvalue weighted by Gasteiger charge is -2.18. The number of hydrogen-bond donors (Lipinski definition) is 3. The highest BCUT2D eigenvalue weighted by molar-refractivity contribution is 6.01. The van der Waals surface area contributed by atoms with Crippen molar-refractivity contribution in [3.63, 3.8) is 0 Å². The highest BCUT2D eigenvalue weighted by Crippen LogP contribution is 2.37. The molecule has 2 aromatic carbocycles. The van der Waals surface area contributed by atoms with Crippen LogP contribution in [0.1, 0.15) is 48.4 Å². The van der Waals surface area contributed by atoms with Crippen LogP contribution in [0.25, 0.3) is 0 Å². The summed E-state index contributed by atoms with van der Waals surface area (Å²) in [5, 5.41) is 21.3. The molecule has 0 aliphatic heterocycles. The maximum absolute atomic E-state index is 11.8. The minimum absolute atomic E-state index is 0.157. The summed E-state index contributed by atoms with van der Waals surface area (Å²) in [7, 11) is 0. The standard InChI is InChI=1S/C21H25NO5/c1-11(2)16-9-15(6-7-18(16)23)27-21-12(3)8-17(13(4)14(21)5)22-19(24)10-20(25)26/h6-9,11,23H,10H2,1-5H3,(H,22,24)(H,25,26). The van der Waals surface area contributed by atoms with Gasteiger partial charge in [0.2, 0.25) is 5.91 Å². The quantitative estimate of drug-likeness (QED) is 0.643. The molecule has 3 N–H and O–H groups in total. The van der Waals surface area contributed by atoms with Crippen molar-refractivity contribution in [2.75, 3.05) is 5.32 Å². The van der Waals surface area contributed by atoms with Crippen LogP contribution in [0.4, 0.5) is 5.69 Å². The Hall–Kier alpha value is -3.02. The van der Waals surface area contributed by atoms with E-state index >= 15 is 0 Å². The summed E-state index contributed by atoms with van der Waals surface area (Å²) in [6.45, 7) is 9.57. The highest BCUT2D eigenvalue weighted by Gasteiger charge is 2.16. The van der Waals surface area contributed by atoms with E-state index in [0.29, 0.717) is 17.2 Å². The Kier molecular flexibility index (Phi) is 6.10. The number of amides is 1. The average molecular weight is 371 g/mol. The molecule has 2 aromatic rings. The van der Waals surface area contributed by atoms with Gasteiger partial charge in [-0.05, 0) is 67.6 Å². The van der Waals surface area contributed by atoms with Crippen LogP contribution in [0, 0.1) is 20.8 Å². The first-order valence-corrected chi connectivity index (χ1v) is 8.73. The zero-order chi connectivity index (χ0) is 20.3. The van der Waals surface area contributed by atoms with Gasteiger partial charge >= 0.3 is 5.97 Å². The molecule has 0 unspecified atom stereocenters. The topological polar surface area (TPSA) is 95.9 Å². The normalized spacial score (nSPS) is 10.7. The van der Waals surface area contributed by atoms with Crippen molar-refractivity contribution >= 4 is 17.6 Å². The molecule has 0 aliphatic carbocycles. The summed E-state index contributed by atoms with van der Waals surface area (Å²) in [5.74, 6) is -0.0679. The molecule has 0 spiro atoms. The zero-order valence-electron chi connectivity index (χ0n) is 16.2. The highest BCUT2D eigenvalue weighted by atomic mass is 16.5. The SMILES string of the molecule is Cc1cc(NC(=O)CC(=O)O)c(C)c(C)c1Oc1ccc(O)c(C(C)C)c1. The number of aryl methyl sites for hydroxylation is 1. The number of aliphatic carboxylic acids is 1. The second-order valence-electron chi connectivity index (χ2n) is 6.92. The summed E-state index contributed by atoms with van der Waals surface area (Å²) in [6.07, 6.45) is -0.582. The molecule has 0 fully saturated rings. The maximum Gasteiger partial charge on any atom is 0.312 e. The molecule has 1 amide bonds. The predicted molar refractivity (Wildman–Crippen MR) is 104 cm³/mol. The number of nitrogens with one attached hydrogen (secondary N) is 1. The molecule has 0 radical (unpaired) electrons. The van der Waals surface area contributed by atoms with Crippen LogP contribution in [0.3, 0.4) is 0 Å². The Labute approximate surface area is 158 Å². The van der Waals surface area contributed by atoms with E-state index in [0.717, 1.165) is 22.3 Å². The first-order valence-electron chi connectivity index (χ1n) is 8.73. The third-order valence-electron chi connectivity index (χ3n) is 4.45. The Morgan fingerprint density at radius 1 is 1.11 bits per heavy atom. The van der Waals surface area contributed by atoms with Gasteiger partial charge in [-0.15, -0.1) is 0 Å². The number of carbonyl (C=O) groups is 2. The van der Waals surface area contributed by atoms with Gasteiger partial charge in [0.1, 0.15) is 23.7 Å². The van der Waals surface area contributed by atoms with Gasteiger partial charge < -0.3 is 20.3 Å². The summed E-state index contributed by atoms with van der Waals surface area (Å²) in [4.78, 5) is 22.4. The zero-order valence-corrected chi connectivity index (χ0v) is 16.2. The first kappa shape index (κ1) is 20.3. The van der Waals surface area contributed by atoms with Gasteiger partial charge in [-0.2, -0.15) is 0 Å². The van der Waals surface area contributed by atoms with E-state index < -0.39 is 18.3 Å². The van der Waals surface area contributed by atoms with Crippen molar-refractivity contribution in [3.05, 3.63) is 46.5 Å². The number of carbonyl (C=O) groups excluding carboxylic acids is 1. The van der Waals surface area contributed by atoms with Gasteiger partial charge in [0.15, 0.2) is 0 Å². The van der Waals surface area contributed by atoms with Crippen LogP contribution in [0.2, 0.25) is 0 Å². The minimum atomic E-state index is -1.17. The van der Waals surface area contributed by atoms with Gasteiger partial charge in [0, 0.05) is 11.3 Å². The fourth-order valence-electron chi connectivity index (χ4n) is 2.85. The van der Waals surface area contributed by atoms with Crippen LogP contribution in [0.5, 0.6) is 17.2 Å². The molecular formula is C21H25NO5. The van der Waals surface area contributed by atoms with E-state index in [4.69, 9.17) is 9.84 Å². The van der Waals surface area contributed by atoms with Crippen LogP contribution in [-0.4, -0.2) is 22.1 Å². The largest absolute Gasteiger partial charge is 0.508 e. The molecular weight excluding hydrogens is 346 g/mol. The maximum atomic E-state index is 11.8. The van der Waals surface area contributed by atoms with Gasteiger partial charge in [0.25, 0.3) is 0 Å². The number of carboxylic acids is 1. The fraction of sp³-hybridized carbons (Fsp3) is 0.333. The van der Waals surface area contributed by atoms with Gasteiger partial charge in [-0.3, -0.25) is 9.59 Å². The van der Waals surface area contributed by atoms with Crippen LogP contribution in [0.15, 0.2) is 24.3 Å². The van der Waals surface area contributed by atoms with E-state index in [1.165, 1.54) is 0 Å². The molecule has 6 heteroatoms. The van der Waals surface area contributed by atoms with Gasteiger partial charge in [-0.25, -0.2) is 0 Å². The van der Waals surface area contributed by atoms with E-state index in [-0.39, 0.29) is 11.7 Å². The van der Waals surface area contributed by atoms with Crippen molar-refractivity contribution in [2.24, 2.45) is 0 Å². The molecule has 0 bridgehead atoms. The van der Waals surface area contributed by atoms with Gasteiger partial charge in [0.05, 0.1) is 0 Å². The molecule has 0 heterocycles. The lowest BCUT2D eigenvalue weighted by Crippen LogP contribution is -2.17. The number of ether oxygens (including phenoxy) is 1. The van der Waals surface area contributed by atoms with Crippen LogP contribution in [-0.2, 0) is 9.59 Å². The van der Waals surface area contributed by atoms with Crippen molar-refractivity contribution in [1.29, 1.82) is 0 Å². The Morgan fingerprint density at radius 2 is 1.78 bits per heavy atom. The number of anilines is 1. The summed E-state index contributed by atoms with van der Waals surface area (Å²) in [5.41, 5.74) is 3.83. The number of phenolic OH excluding ortho intramolecular Hbond substituents is 1. The lowest BCUT2D eigenvalue weighted by molar-refractivity contribution is -0.139. The predicted octanol–water partition coefficient (Wildman–Crippen LogP) is 4.65. The second kappa shape index (κ2) is 8.12. The third-order valence-corrected chi connectivity index (χ3v) is 4.45. The summed E-state index contributed by atoms with van der Waals surface area (Å²) in [6, 6.07) is 6.90. The van der Waals surface area contributed by atoms with Crippen molar-refractivity contribution in [2.45, 2.75) is 47.0 Å². The minimum Gasteiger partial charge on any atom is -0.508 e. The number of hydrogen-bond acceptors (Lipinski definition) is 4. The first-order chi connectivity index (χ1) is 12.6. The molecule has 0 atom stereocenters. The lowest BCUT2D eigenvalue weighted by atomic mass is 10.0. The van der Waals surface area contributed by atoms with E-state index in [1.807, 2.05) is 40.7 Å². The van der Waals surface area contributed by atoms with E-state index in [9.17, 15) is 14.7 Å². The fourth-order valence-corrected chi connectivity index (χ4v) is 2.85. The molecule has 2 rings (SSSR count). The van der Waals surface area contributed by atoms with Crippen LogP contribution < -0.4 is 10.1 Å². The molecule has 0 aliphatic rings. The molecule has 0 saturated heterocycles. The molecule has 0 aromatic heterocycles. The van der Waals surface area contributed by atoms with Crippen molar-refractivity contribution in [1.82, 2.24) is 0 Å². The second-order valence-corrected chi connectivity index (χ2v) is 6.92. The number of rotatable bonds is 6. The third kappa shape index (κ3) is 4.78. The molecule has 6 nitrogen and oxygen atoms in total. The molecule has 144 valence electrons. The van der Waals surface area contributed by atoms with E-state index in [1.54, 1.807) is 18.2 Å². The average Bonchev–Trinajstić information content (AvgIpc) is 2.56. The summed E-state index contributed by atoms with van der Waals surface area (Å²) < 4.78 is 6.07. The van der Waals surface area contributed by atoms with E-state index in [2.05, 4.69) is 5.32 Å². The number of phenols is 1. The number of aromatic hydroxyl groups is 1. The smallest absolute Gasteiger partial charge is 0.312 e. The Morgan fingerprint density at radius 3 is 2.37 bits per heavy atom. The number of carboxylic acid groups (broad SMARTS) is 1. The number of benzene rings is 2.